The first-order valence-electron chi connectivity index (χ1n) is 6.15. The van der Waals surface area contributed by atoms with E-state index in [1.807, 2.05) is 0 Å². The van der Waals surface area contributed by atoms with E-state index in [0.29, 0.717) is 17.4 Å². The number of hydrogen-bond donors (Lipinski definition) is 1. The second-order valence-electron chi connectivity index (χ2n) is 4.75. The van der Waals surface area contributed by atoms with Crippen molar-refractivity contribution in [3.05, 3.63) is 24.0 Å². The first-order chi connectivity index (χ1) is 8.09. The molecule has 1 N–H and O–H groups in total. The molecule has 5 heteroatoms. The van der Waals surface area contributed by atoms with Crippen molar-refractivity contribution in [3.8, 4) is 0 Å². The van der Waals surface area contributed by atoms with E-state index in [2.05, 4.69) is 35.3 Å². The fourth-order valence-corrected chi connectivity index (χ4v) is 4.11. The van der Waals surface area contributed by atoms with Crippen LogP contribution in [-0.2, 0) is 22.9 Å². The SMILES string of the molecule is CCn1ccc(CNCC2CCS(=O)(=O)C2)c1. The summed E-state index contributed by atoms with van der Waals surface area (Å²) >= 11 is 0. The van der Waals surface area contributed by atoms with Gasteiger partial charge in [-0.3, -0.25) is 0 Å². The Morgan fingerprint density at radius 1 is 1.53 bits per heavy atom. The first-order valence-corrected chi connectivity index (χ1v) is 7.97. The van der Waals surface area contributed by atoms with E-state index in [1.165, 1.54) is 5.56 Å². The van der Waals surface area contributed by atoms with Gasteiger partial charge in [0, 0.05) is 25.5 Å². The van der Waals surface area contributed by atoms with Gasteiger partial charge in [-0.25, -0.2) is 8.42 Å². The summed E-state index contributed by atoms with van der Waals surface area (Å²) in [6.45, 7) is 4.72. The summed E-state index contributed by atoms with van der Waals surface area (Å²) in [7, 11) is -2.73. The zero-order valence-electron chi connectivity index (χ0n) is 10.2. The van der Waals surface area contributed by atoms with Crippen LogP contribution in [0.25, 0.3) is 0 Å². The molecule has 96 valence electrons. The van der Waals surface area contributed by atoms with Crippen LogP contribution in [0.3, 0.4) is 0 Å². The van der Waals surface area contributed by atoms with Crippen LogP contribution in [0.15, 0.2) is 18.5 Å². The predicted molar refractivity (Wildman–Crippen MR) is 68.6 cm³/mol. The molecule has 0 spiro atoms. The molecule has 1 aromatic rings. The predicted octanol–water partition coefficient (Wildman–Crippen LogP) is 1.03. The Bertz CT molecular complexity index is 465. The van der Waals surface area contributed by atoms with Crippen molar-refractivity contribution in [2.75, 3.05) is 18.1 Å². The highest BCUT2D eigenvalue weighted by Gasteiger charge is 2.27. The molecule has 1 aliphatic rings. The summed E-state index contributed by atoms with van der Waals surface area (Å²) in [5, 5.41) is 3.34. The average molecular weight is 256 g/mol. The number of hydrogen-bond acceptors (Lipinski definition) is 3. The Kier molecular flexibility index (Phi) is 3.89. The van der Waals surface area contributed by atoms with Gasteiger partial charge in [-0.15, -0.1) is 0 Å². The zero-order chi connectivity index (χ0) is 12.3. The Labute approximate surface area is 103 Å². The topological polar surface area (TPSA) is 51.1 Å². The van der Waals surface area contributed by atoms with E-state index in [4.69, 9.17) is 0 Å². The molecule has 1 aliphatic heterocycles. The first kappa shape index (κ1) is 12.6. The highest BCUT2D eigenvalue weighted by molar-refractivity contribution is 7.91. The molecule has 0 bridgehead atoms. The largest absolute Gasteiger partial charge is 0.354 e. The lowest BCUT2D eigenvalue weighted by atomic mass is 10.1. The van der Waals surface area contributed by atoms with Gasteiger partial charge in [-0.1, -0.05) is 0 Å². The molecule has 0 amide bonds. The van der Waals surface area contributed by atoms with E-state index >= 15 is 0 Å². The van der Waals surface area contributed by atoms with Crippen molar-refractivity contribution in [1.82, 2.24) is 9.88 Å². The molecular weight excluding hydrogens is 236 g/mol. The quantitative estimate of drug-likeness (QED) is 0.856. The molecule has 1 fully saturated rings. The van der Waals surface area contributed by atoms with E-state index in [1.54, 1.807) is 0 Å². The molecule has 0 aliphatic carbocycles. The lowest BCUT2D eigenvalue weighted by Crippen LogP contribution is -2.23. The number of aryl methyl sites for hydroxylation is 1. The molecule has 0 radical (unpaired) electrons. The summed E-state index contributed by atoms with van der Waals surface area (Å²) in [5.74, 6) is 1.02. The fourth-order valence-electron chi connectivity index (χ4n) is 2.25. The minimum Gasteiger partial charge on any atom is -0.354 e. The summed E-state index contributed by atoms with van der Waals surface area (Å²) < 4.78 is 24.7. The zero-order valence-corrected chi connectivity index (χ0v) is 11.0. The maximum atomic E-state index is 11.3. The second-order valence-corrected chi connectivity index (χ2v) is 6.98. The minimum absolute atomic E-state index is 0.299. The molecule has 0 aromatic carbocycles. The van der Waals surface area contributed by atoms with Crippen molar-refractivity contribution >= 4 is 9.84 Å². The van der Waals surface area contributed by atoms with E-state index in [9.17, 15) is 8.42 Å². The summed E-state index contributed by atoms with van der Waals surface area (Å²) in [5.41, 5.74) is 1.26. The molecule has 2 rings (SSSR count). The highest BCUT2D eigenvalue weighted by Crippen LogP contribution is 2.17. The Morgan fingerprint density at radius 3 is 2.94 bits per heavy atom. The van der Waals surface area contributed by atoms with Gasteiger partial charge in [0.05, 0.1) is 11.5 Å². The van der Waals surface area contributed by atoms with Gasteiger partial charge in [0.25, 0.3) is 0 Å². The van der Waals surface area contributed by atoms with Crippen LogP contribution < -0.4 is 5.32 Å². The molecule has 0 saturated carbocycles. The molecule has 1 atom stereocenters. The molecule has 2 heterocycles. The number of rotatable bonds is 5. The van der Waals surface area contributed by atoms with Gasteiger partial charge in [0.15, 0.2) is 9.84 Å². The normalized spacial score (nSPS) is 23.0. The third-order valence-corrected chi connectivity index (χ3v) is 5.10. The summed E-state index contributed by atoms with van der Waals surface area (Å²) in [6.07, 6.45) is 5.00. The third-order valence-electron chi connectivity index (χ3n) is 3.27. The van der Waals surface area contributed by atoms with Gasteiger partial charge >= 0.3 is 0 Å². The third kappa shape index (κ3) is 3.57. The van der Waals surface area contributed by atoms with E-state index in [-0.39, 0.29) is 0 Å². The van der Waals surface area contributed by atoms with Crippen LogP contribution in [0.1, 0.15) is 18.9 Å². The van der Waals surface area contributed by atoms with Crippen molar-refractivity contribution in [1.29, 1.82) is 0 Å². The van der Waals surface area contributed by atoms with E-state index < -0.39 is 9.84 Å². The summed E-state index contributed by atoms with van der Waals surface area (Å²) in [6, 6.07) is 2.10. The van der Waals surface area contributed by atoms with Crippen LogP contribution in [0.4, 0.5) is 0 Å². The maximum absolute atomic E-state index is 11.3. The van der Waals surface area contributed by atoms with Crippen LogP contribution >= 0.6 is 0 Å². The van der Waals surface area contributed by atoms with Crippen molar-refractivity contribution in [2.24, 2.45) is 5.92 Å². The van der Waals surface area contributed by atoms with Gasteiger partial charge < -0.3 is 9.88 Å². The van der Waals surface area contributed by atoms with Crippen molar-refractivity contribution in [2.45, 2.75) is 26.4 Å². The van der Waals surface area contributed by atoms with Crippen LogP contribution in [0.2, 0.25) is 0 Å². The van der Waals surface area contributed by atoms with E-state index in [0.717, 1.165) is 26.1 Å². The molecule has 17 heavy (non-hydrogen) atoms. The number of aromatic nitrogens is 1. The van der Waals surface area contributed by atoms with Crippen molar-refractivity contribution < 1.29 is 8.42 Å². The van der Waals surface area contributed by atoms with Gasteiger partial charge in [0.2, 0.25) is 0 Å². The standard InChI is InChI=1S/C12H20N2O2S/c1-2-14-5-3-11(9-14)7-13-8-12-4-6-17(15,16)10-12/h3,5,9,12-13H,2,4,6-8,10H2,1H3. The molecule has 1 aromatic heterocycles. The fraction of sp³-hybridized carbons (Fsp3) is 0.667. The highest BCUT2D eigenvalue weighted by atomic mass is 32.2. The smallest absolute Gasteiger partial charge is 0.150 e. The number of sulfone groups is 1. The van der Waals surface area contributed by atoms with Crippen LogP contribution in [-0.4, -0.2) is 31.0 Å². The van der Waals surface area contributed by atoms with Gasteiger partial charge in [-0.2, -0.15) is 0 Å². The number of nitrogens with zero attached hydrogens (tertiary/aromatic N) is 1. The Balaban J connectivity index is 1.73. The molecule has 1 unspecified atom stereocenters. The maximum Gasteiger partial charge on any atom is 0.150 e. The molecule has 1 saturated heterocycles. The summed E-state index contributed by atoms with van der Waals surface area (Å²) in [4.78, 5) is 0. The number of nitrogens with one attached hydrogen (secondary N) is 1. The van der Waals surface area contributed by atoms with Crippen LogP contribution in [0, 0.1) is 5.92 Å². The van der Waals surface area contributed by atoms with Gasteiger partial charge in [0.1, 0.15) is 0 Å². The van der Waals surface area contributed by atoms with Crippen molar-refractivity contribution in [3.63, 3.8) is 0 Å². The Hall–Kier alpha value is -0.810. The van der Waals surface area contributed by atoms with Gasteiger partial charge in [-0.05, 0) is 37.4 Å². The lowest BCUT2D eigenvalue weighted by Gasteiger charge is -2.08. The van der Waals surface area contributed by atoms with Crippen LogP contribution in [0.5, 0.6) is 0 Å². The monoisotopic (exact) mass is 256 g/mol. The average Bonchev–Trinajstić information content (AvgIpc) is 2.85. The second kappa shape index (κ2) is 5.23. The molecular formula is C12H20N2O2S. The Morgan fingerprint density at radius 2 is 2.35 bits per heavy atom. The molecule has 4 nitrogen and oxygen atoms in total. The minimum atomic E-state index is -2.73. The lowest BCUT2D eigenvalue weighted by molar-refractivity contribution is 0.520.